The number of rotatable bonds is 2. The van der Waals surface area contributed by atoms with Crippen LogP contribution in [0.3, 0.4) is 0 Å². The molecule has 2 aromatic rings. The highest BCUT2D eigenvalue weighted by molar-refractivity contribution is 8.00. The van der Waals surface area contributed by atoms with Crippen molar-refractivity contribution in [3.63, 3.8) is 0 Å². The van der Waals surface area contributed by atoms with Crippen molar-refractivity contribution in [3.8, 4) is 0 Å². The minimum atomic E-state index is -0.235. The fraction of sp³-hybridized carbons (Fsp3) is 0.462. The van der Waals surface area contributed by atoms with Gasteiger partial charge in [-0.05, 0) is 49.9 Å². The van der Waals surface area contributed by atoms with Crippen molar-refractivity contribution in [2.75, 3.05) is 5.75 Å². The standard InChI is InChI=1S/C13H15FN2S2/c1-13(6-3-7-18-13)8-16-10-5-2-4-9(14)11(10)15-12(16)17/h2,4-5H,3,6-8H2,1H3,(H,15,17). The van der Waals surface area contributed by atoms with E-state index >= 15 is 0 Å². The number of thioether (sulfide) groups is 1. The van der Waals surface area contributed by atoms with Crippen LogP contribution in [-0.4, -0.2) is 20.1 Å². The molecule has 2 heterocycles. The number of fused-ring (bicyclic) bond motifs is 1. The molecule has 1 atom stereocenters. The highest BCUT2D eigenvalue weighted by Crippen LogP contribution is 2.39. The number of nitrogens with zero attached hydrogens (tertiary/aromatic N) is 1. The summed E-state index contributed by atoms with van der Waals surface area (Å²) < 4.78 is 16.6. The average molecular weight is 282 g/mol. The second-order valence-electron chi connectivity index (χ2n) is 5.05. The Hall–Kier alpha value is -0.810. The fourth-order valence-electron chi connectivity index (χ4n) is 2.60. The smallest absolute Gasteiger partial charge is 0.178 e. The van der Waals surface area contributed by atoms with E-state index in [1.165, 1.54) is 24.7 Å². The van der Waals surface area contributed by atoms with Crippen molar-refractivity contribution in [1.82, 2.24) is 9.55 Å². The van der Waals surface area contributed by atoms with Gasteiger partial charge in [-0.2, -0.15) is 11.8 Å². The normalized spacial score (nSPS) is 23.9. The SMILES string of the molecule is CC1(Cn2c(=S)[nH]c3c(F)cccc32)CCCS1. The van der Waals surface area contributed by atoms with Gasteiger partial charge in [0.15, 0.2) is 4.77 Å². The van der Waals surface area contributed by atoms with Crippen LogP contribution in [0.15, 0.2) is 18.2 Å². The number of H-pyrrole nitrogens is 1. The molecule has 0 spiro atoms. The molecule has 96 valence electrons. The summed E-state index contributed by atoms with van der Waals surface area (Å²) in [4.78, 5) is 2.98. The summed E-state index contributed by atoms with van der Waals surface area (Å²) in [6.45, 7) is 3.12. The van der Waals surface area contributed by atoms with Gasteiger partial charge in [0.05, 0.1) is 5.52 Å². The first-order valence-corrected chi connectivity index (χ1v) is 7.49. The number of hydrogen-bond donors (Lipinski definition) is 1. The van der Waals surface area contributed by atoms with Gasteiger partial charge in [-0.3, -0.25) is 0 Å². The molecule has 1 saturated heterocycles. The summed E-state index contributed by atoms with van der Waals surface area (Å²) in [5, 5.41) is 0. The Balaban J connectivity index is 2.09. The molecule has 3 rings (SSSR count). The summed E-state index contributed by atoms with van der Waals surface area (Å²) in [6, 6.07) is 5.12. The first-order chi connectivity index (χ1) is 8.59. The van der Waals surface area contributed by atoms with E-state index in [0.29, 0.717) is 10.3 Å². The van der Waals surface area contributed by atoms with Crippen LogP contribution in [0, 0.1) is 10.6 Å². The van der Waals surface area contributed by atoms with Crippen LogP contribution in [0.2, 0.25) is 0 Å². The molecule has 0 saturated carbocycles. The number of halogens is 1. The van der Waals surface area contributed by atoms with Crippen LogP contribution in [0.1, 0.15) is 19.8 Å². The second-order valence-corrected chi connectivity index (χ2v) is 7.12. The molecule has 2 nitrogen and oxygen atoms in total. The monoisotopic (exact) mass is 282 g/mol. The van der Waals surface area contributed by atoms with Crippen LogP contribution >= 0.6 is 24.0 Å². The van der Waals surface area contributed by atoms with Gasteiger partial charge in [0.25, 0.3) is 0 Å². The van der Waals surface area contributed by atoms with E-state index in [9.17, 15) is 4.39 Å². The van der Waals surface area contributed by atoms with E-state index in [1.54, 1.807) is 6.07 Å². The molecule has 18 heavy (non-hydrogen) atoms. The third-order valence-electron chi connectivity index (χ3n) is 3.55. The zero-order valence-corrected chi connectivity index (χ0v) is 11.8. The fourth-order valence-corrected chi connectivity index (χ4v) is 4.15. The minimum absolute atomic E-state index is 0.222. The Morgan fingerprint density at radius 1 is 1.56 bits per heavy atom. The number of aromatic amines is 1. The van der Waals surface area contributed by atoms with E-state index in [1.807, 2.05) is 22.4 Å². The van der Waals surface area contributed by atoms with Crippen molar-refractivity contribution in [2.45, 2.75) is 31.1 Å². The molecule has 1 aliphatic rings. The van der Waals surface area contributed by atoms with E-state index in [2.05, 4.69) is 11.9 Å². The quantitative estimate of drug-likeness (QED) is 0.836. The van der Waals surface area contributed by atoms with Gasteiger partial charge in [-0.25, -0.2) is 4.39 Å². The number of nitrogens with one attached hydrogen (secondary N) is 1. The van der Waals surface area contributed by atoms with E-state index in [-0.39, 0.29) is 10.6 Å². The maximum Gasteiger partial charge on any atom is 0.178 e. The van der Waals surface area contributed by atoms with Crippen molar-refractivity contribution >= 4 is 35.0 Å². The highest BCUT2D eigenvalue weighted by Gasteiger charge is 2.30. The number of aromatic nitrogens is 2. The second kappa shape index (κ2) is 4.38. The van der Waals surface area contributed by atoms with Crippen molar-refractivity contribution in [2.24, 2.45) is 0 Å². The molecular weight excluding hydrogens is 267 g/mol. The van der Waals surface area contributed by atoms with Gasteiger partial charge in [-0.1, -0.05) is 6.07 Å². The van der Waals surface area contributed by atoms with Crippen LogP contribution in [-0.2, 0) is 6.54 Å². The molecule has 5 heteroatoms. The van der Waals surface area contributed by atoms with Gasteiger partial charge in [0.1, 0.15) is 11.3 Å². The maximum absolute atomic E-state index is 13.7. The number of imidazole rings is 1. The van der Waals surface area contributed by atoms with E-state index < -0.39 is 0 Å². The number of benzene rings is 1. The van der Waals surface area contributed by atoms with E-state index in [4.69, 9.17) is 12.2 Å². The summed E-state index contributed by atoms with van der Waals surface area (Å²) in [7, 11) is 0. The summed E-state index contributed by atoms with van der Waals surface area (Å²) in [6.07, 6.45) is 2.45. The molecule has 0 bridgehead atoms. The zero-order chi connectivity index (χ0) is 12.8. The first kappa shape index (κ1) is 12.2. The van der Waals surface area contributed by atoms with Crippen LogP contribution in [0.5, 0.6) is 0 Å². The van der Waals surface area contributed by atoms with Crippen LogP contribution < -0.4 is 0 Å². The number of hydrogen-bond acceptors (Lipinski definition) is 2. The number of para-hydroxylation sites is 1. The average Bonchev–Trinajstić information content (AvgIpc) is 2.88. The van der Waals surface area contributed by atoms with Crippen molar-refractivity contribution in [1.29, 1.82) is 0 Å². The molecule has 0 aliphatic carbocycles. The van der Waals surface area contributed by atoms with Gasteiger partial charge < -0.3 is 9.55 Å². The molecule has 1 aliphatic heterocycles. The lowest BCUT2D eigenvalue weighted by atomic mass is 10.1. The molecule has 1 fully saturated rings. The molecule has 1 unspecified atom stereocenters. The maximum atomic E-state index is 13.7. The van der Waals surface area contributed by atoms with Gasteiger partial charge in [0, 0.05) is 11.3 Å². The van der Waals surface area contributed by atoms with Gasteiger partial charge in [0.2, 0.25) is 0 Å². The van der Waals surface area contributed by atoms with Crippen molar-refractivity contribution in [3.05, 3.63) is 28.8 Å². The van der Waals surface area contributed by atoms with Crippen molar-refractivity contribution < 1.29 is 4.39 Å². The molecule has 1 N–H and O–H groups in total. The molecular formula is C13H15FN2S2. The molecule has 0 radical (unpaired) electrons. The molecule has 1 aromatic carbocycles. The Morgan fingerprint density at radius 2 is 2.39 bits per heavy atom. The highest BCUT2D eigenvalue weighted by atomic mass is 32.2. The van der Waals surface area contributed by atoms with Gasteiger partial charge in [-0.15, -0.1) is 0 Å². The lowest BCUT2D eigenvalue weighted by molar-refractivity contribution is 0.515. The lowest BCUT2D eigenvalue weighted by Gasteiger charge is -2.23. The third-order valence-corrected chi connectivity index (χ3v) is 5.40. The van der Waals surface area contributed by atoms with Gasteiger partial charge >= 0.3 is 0 Å². The molecule has 1 aromatic heterocycles. The van der Waals surface area contributed by atoms with Crippen LogP contribution in [0.4, 0.5) is 4.39 Å². The Kier molecular flexibility index (Phi) is 2.98. The topological polar surface area (TPSA) is 20.7 Å². The summed E-state index contributed by atoms with van der Waals surface area (Å²) in [5.74, 6) is 0.974. The Bertz CT molecular complexity index is 638. The first-order valence-electron chi connectivity index (χ1n) is 6.10. The predicted molar refractivity (Wildman–Crippen MR) is 77.2 cm³/mol. The third kappa shape index (κ3) is 1.99. The summed E-state index contributed by atoms with van der Waals surface area (Å²) >= 11 is 7.32. The molecule has 0 amide bonds. The van der Waals surface area contributed by atoms with Crippen LogP contribution in [0.25, 0.3) is 11.0 Å². The summed E-state index contributed by atoms with van der Waals surface area (Å²) in [5.41, 5.74) is 1.39. The Morgan fingerprint density at radius 3 is 3.11 bits per heavy atom. The zero-order valence-electron chi connectivity index (χ0n) is 10.2. The minimum Gasteiger partial charge on any atom is -0.328 e. The van der Waals surface area contributed by atoms with E-state index in [0.717, 1.165) is 12.1 Å². The lowest BCUT2D eigenvalue weighted by Crippen LogP contribution is -2.23. The Labute approximate surface area is 115 Å². The predicted octanol–water partition coefficient (Wildman–Crippen LogP) is 4.12. The largest absolute Gasteiger partial charge is 0.328 e.